The number of likely N-dealkylation sites (N-methyl/N-ethyl adjacent to an activating group) is 1. The minimum Gasteiger partial charge on any atom is -0.496 e. The molecule has 1 aromatic rings. The second-order valence-electron chi connectivity index (χ2n) is 4.42. The molecule has 0 aliphatic rings. The zero-order valence-corrected chi connectivity index (χ0v) is 11.2. The van der Waals surface area contributed by atoms with Crippen molar-refractivity contribution in [2.45, 2.75) is 32.4 Å². The van der Waals surface area contributed by atoms with Gasteiger partial charge in [-0.3, -0.25) is 4.90 Å². The number of aliphatic hydroxyl groups excluding tert-OH is 1. The summed E-state index contributed by atoms with van der Waals surface area (Å²) < 4.78 is 5.36. The van der Waals surface area contributed by atoms with Gasteiger partial charge in [0.15, 0.2) is 0 Å². The molecule has 0 fully saturated rings. The molecule has 0 spiro atoms. The van der Waals surface area contributed by atoms with Crippen LogP contribution < -0.4 is 4.74 Å². The second-order valence-corrected chi connectivity index (χ2v) is 4.42. The van der Waals surface area contributed by atoms with Crippen molar-refractivity contribution < 1.29 is 9.84 Å². The molecule has 1 aromatic carbocycles. The summed E-state index contributed by atoms with van der Waals surface area (Å²) in [4.78, 5) is 2.14. The van der Waals surface area contributed by atoms with Gasteiger partial charge < -0.3 is 9.84 Å². The van der Waals surface area contributed by atoms with Crippen LogP contribution in [0.2, 0.25) is 0 Å². The SMILES string of the molecule is CCC(O)CN(C)C(C)c1ccccc1OC. The summed E-state index contributed by atoms with van der Waals surface area (Å²) >= 11 is 0. The van der Waals surface area contributed by atoms with Gasteiger partial charge in [-0.2, -0.15) is 0 Å². The van der Waals surface area contributed by atoms with Crippen molar-refractivity contribution in [3.63, 3.8) is 0 Å². The molecule has 0 radical (unpaired) electrons. The molecule has 2 atom stereocenters. The highest BCUT2D eigenvalue weighted by Gasteiger charge is 2.17. The molecule has 0 saturated carbocycles. The lowest BCUT2D eigenvalue weighted by Crippen LogP contribution is -2.31. The number of methoxy groups -OCH3 is 1. The van der Waals surface area contributed by atoms with Crippen LogP contribution in [0.4, 0.5) is 0 Å². The highest BCUT2D eigenvalue weighted by molar-refractivity contribution is 5.35. The molecular formula is C14H23NO2. The predicted molar refractivity (Wildman–Crippen MR) is 70.3 cm³/mol. The van der Waals surface area contributed by atoms with Gasteiger partial charge in [0.1, 0.15) is 5.75 Å². The van der Waals surface area contributed by atoms with Gasteiger partial charge in [0.25, 0.3) is 0 Å². The van der Waals surface area contributed by atoms with Gasteiger partial charge in [-0.25, -0.2) is 0 Å². The number of hydrogen-bond donors (Lipinski definition) is 1. The molecule has 0 aliphatic heterocycles. The summed E-state index contributed by atoms with van der Waals surface area (Å²) in [6, 6.07) is 8.25. The van der Waals surface area contributed by atoms with Crippen LogP contribution in [-0.2, 0) is 0 Å². The number of nitrogens with zero attached hydrogens (tertiary/aromatic N) is 1. The molecule has 3 heteroatoms. The lowest BCUT2D eigenvalue weighted by atomic mass is 10.1. The fraction of sp³-hybridized carbons (Fsp3) is 0.571. The van der Waals surface area contributed by atoms with E-state index in [-0.39, 0.29) is 12.1 Å². The Balaban J connectivity index is 2.77. The van der Waals surface area contributed by atoms with Crippen molar-refractivity contribution in [2.75, 3.05) is 20.7 Å². The van der Waals surface area contributed by atoms with Crippen molar-refractivity contribution in [2.24, 2.45) is 0 Å². The first kappa shape index (κ1) is 14.0. The molecule has 0 amide bonds. The normalized spacial score (nSPS) is 14.7. The van der Waals surface area contributed by atoms with Crippen molar-refractivity contribution in [1.29, 1.82) is 0 Å². The minimum absolute atomic E-state index is 0.229. The van der Waals surface area contributed by atoms with E-state index in [1.54, 1.807) is 7.11 Å². The Morgan fingerprint density at radius 3 is 2.59 bits per heavy atom. The Morgan fingerprint density at radius 2 is 2.00 bits per heavy atom. The summed E-state index contributed by atoms with van der Waals surface area (Å²) in [6.45, 7) is 4.79. The molecule has 0 heterocycles. The minimum atomic E-state index is -0.267. The van der Waals surface area contributed by atoms with Gasteiger partial charge in [0, 0.05) is 18.2 Å². The van der Waals surface area contributed by atoms with E-state index in [0.29, 0.717) is 6.54 Å². The smallest absolute Gasteiger partial charge is 0.123 e. The van der Waals surface area contributed by atoms with Crippen LogP contribution >= 0.6 is 0 Å². The Labute approximate surface area is 104 Å². The second kappa shape index (κ2) is 6.62. The zero-order chi connectivity index (χ0) is 12.8. The third-order valence-electron chi connectivity index (χ3n) is 3.22. The van der Waals surface area contributed by atoms with E-state index in [0.717, 1.165) is 17.7 Å². The molecule has 1 rings (SSSR count). The topological polar surface area (TPSA) is 32.7 Å². The predicted octanol–water partition coefficient (Wildman–Crippen LogP) is 2.46. The van der Waals surface area contributed by atoms with Crippen LogP contribution in [0.1, 0.15) is 31.9 Å². The van der Waals surface area contributed by atoms with Gasteiger partial charge >= 0.3 is 0 Å². The lowest BCUT2D eigenvalue weighted by Gasteiger charge is -2.28. The van der Waals surface area contributed by atoms with Crippen LogP contribution in [-0.4, -0.2) is 36.8 Å². The fourth-order valence-corrected chi connectivity index (χ4v) is 1.87. The van der Waals surface area contributed by atoms with Crippen LogP contribution in [0.25, 0.3) is 0 Å². The van der Waals surface area contributed by atoms with Crippen molar-refractivity contribution in [3.8, 4) is 5.75 Å². The van der Waals surface area contributed by atoms with Crippen LogP contribution in [0.15, 0.2) is 24.3 Å². The van der Waals surface area contributed by atoms with Gasteiger partial charge in [-0.1, -0.05) is 25.1 Å². The molecule has 0 aromatic heterocycles. The first-order valence-electron chi connectivity index (χ1n) is 6.11. The maximum absolute atomic E-state index is 9.68. The molecule has 17 heavy (non-hydrogen) atoms. The number of benzene rings is 1. The average Bonchev–Trinajstić information content (AvgIpc) is 2.37. The van der Waals surface area contributed by atoms with Gasteiger partial charge in [0.2, 0.25) is 0 Å². The Kier molecular flexibility index (Phi) is 5.45. The molecule has 96 valence electrons. The lowest BCUT2D eigenvalue weighted by molar-refractivity contribution is 0.104. The van der Waals surface area contributed by atoms with Gasteiger partial charge in [-0.15, -0.1) is 0 Å². The van der Waals surface area contributed by atoms with Gasteiger partial charge in [-0.05, 0) is 26.5 Å². The molecular weight excluding hydrogens is 214 g/mol. The van der Waals surface area contributed by atoms with Crippen molar-refractivity contribution in [1.82, 2.24) is 4.90 Å². The van der Waals surface area contributed by atoms with Gasteiger partial charge in [0.05, 0.1) is 13.2 Å². The molecule has 0 bridgehead atoms. The summed E-state index contributed by atoms with van der Waals surface area (Å²) in [5, 5.41) is 9.68. The van der Waals surface area contributed by atoms with Crippen LogP contribution in [0.5, 0.6) is 5.75 Å². The van der Waals surface area contributed by atoms with E-state index in [2.05, 4.69) is 17.9 Å². The molecule has 2 unspecified atom stereocenters. The first-order valence-corrected chi connectivity index (χ1v) is 6.11. The number of para-hydroxylation sites is 1. The largest absolute Gasteiger partial charge is 0.496 e. The third kappa shape index (κ3) is 3.72. The van der Waals surface area contributed by atoms with E-state index in [4.69, 9.17) is 4.74 Å². The first-order chi connectivity index (χ1) is 8.10. The highest BCUT2D eigenvalue weighted by Crippen LogP contribution is 2.28. The summed E-state index contributed by atoms with van der Waals surface area (Å²) in [6.07, 6.45) is 0.514. The maximum atomic E-state index is 9.68. The Morgan fingerprint density at radius 1 is 1.35 bits per heavy atom. The van der Waals surface area contributed by atoms with Crippen molar-refractivity contribution >= 4 is 0 Å². The number of aliphatic hydroxyl groups is 1. The monoisotopic (exact) mass is 237 g/mol. The molecule has 1 N–H and O–H groups in total. The average molecular weight is 237 g/mol. The summed E-state index contributed by atoms with van der Waals surface area (Å²) in [5.74, 6) is 0.901. The van der Waals surface area contributed by atoms with E-state index in [1.165, 1.54) is 0 Å². The Hall–Kier alpha value is -1.06. The highest BCUT2D eigenvalue weighted by atomic mass is 16.5. The molecule has 0 saturated heterocycles. The number of ether oxygens (including phenoxy) is 1. The van der Waals surface area contributed by atoms with E-state index in [9.17, 15) is 5.11 Å². The Bertz CT molecular complexity index is 341. The zero-order valence-electron chi connectivity index (χ0n) is 11.2. The standard InChI is InChI=1S/C14H23NO2/c1-5-12(16)10-15(3)11(2)13-8-6-7-9-14(13)17-4/h6-9,11-12,16H,5,10H2,1-4H3. The van der Waals surface area contributed by atoms with Crippen LogP contribution in [0, 0.1) is 0 Å². The molecule has 0 aliphatic carbocycles. The number of rotatable bonds is 6. The maximum Gasteiger partial charge on any atom is 0.123 e. The fourth-order valence-electron chi connectivity index (χ4n) is 1.87. The van der Waals surface area contributed by atoms with Crippen molar-refractivity contribution in [3.05, 3.63) is 29.8 Å². The quantitative estimate of drug-likeness (QED) is 0.825. The third-order valence-corrected chi connectivity index (χ3v) is 3.22. The summed E-state index contributed by atoms with van der Waals surface area (Å²) in [5.41, 5.74) is 1.15. The van der Waals surface area contributed by atoms with E-state index in [1.807, 2.05) is 32.2 Å². The summed E-state index contributed by atoms with van der Waals surface area (Å²) in [7, 11) is 3.71. The van der Waals surface area contributed by atoms with E-state index < -0.39 is 0 Å². The number of hydrogen-bond acceptors (Lipinski definition) is 3. The van der Waals surface area contributed by atoms with Crippen LogP contribution in [0.3, 0.4) is 0 Å². The van der Waals surface area contributed by atoms with E-state index >= 15 is 0 Å². The molecule has 3 nitrogen and oxygen atoms in total.